The number of thiocarbonyl (C=S) groups is 1. The Kier molecular flexibility index (Phi) is 2.94. The van der Waals surface area contributed by atoms with E-state index in [4.69, 9.17) is 5.73 Å². The molecule has 76 valence electrons. The predicted octanol–water partition coefficient (Wildman–Crippen LogP) is -0.0112. The Morgan fingerprint density at radius 1 is 1.69 bits per heavy atom. The summed E-state index contributed by atoms with van der Waals surface area (Å²) in [5.41, 5.74) is 5.27. The Bertz CT molecular complexity index is 312. The fourth-order valence-corrected chi connectivity index (χ4v) is 2.59. The van der Waals surface area contributed by atoms with E-state index in [9.17, 15) is 8.42 Å². The molecule has 0 saturated heterocycles. The summed E-state index contributed by atoms with van der Waals surface area (Å²) in [5, 5.41) is -0.782. The van der Waals surface area contributed by atoms with Crippen molar-refractivity contribution < 1.29 is 8.42 Å². The minimum absolute atomic E-state index is 0.0146. The van der Waals surface area contributed by atoms with Crippen LogP contribution in [0.1, 0.15) is 20.3 Å². The number of nitrogens with one attached hydrogen (secondary N) is 1. The van der Waals surface area contributed by atoms with Crippen LogP contribution in [0.5, 0.6) is 0 Å². The zero-order valence-corrected chi connectivity index (χ0v) is 9.28. The average molecular weight is 222 g/mol. The van der Waals surface area contributed by atoms with Crippen molar-refractivity contribution in [2.24, 2.45) is 11.7 Å². The predicted molar refractivity (Wildman–Crippen MR) is 55.9 cm³/mol. The molecule has 0 aromatic rings. The van der Waals surface area contributed by atoms with Gasteiger partial charge in [-0.25, -0.2) is 13.1 Å². The van der Waals surface area contributed by atoms with Gasteiger partial charge in [-0.1, -0.05) is 19.1 Å². The summed E-state index contributed by atoms with van der Waals surface area (Å²) in [5.74, 6) is 0.438. The average Bonchev–Trinajstić information content (AvgIpc) is 2.63. The first-order valence-electron chi connectivity index (χ1n) is 4.15. The van der Waals surface area contributed by atoms with E-state index in [2.05, 4.69) is 16.9 Å². The standard InChI is InChI=1S/C7H14N2O2S2/c1-4-3-6(4)9-13(10,11)5(2)7(8)12/h4-6,9H,3H2,1-2H3,(H2,8,12). The molecule has 0 aromatic carbocycles. The Morgan fingerprint density at radius 3 is 2.46 bits per heavy atom. The molecule has 0 heterocycles. The van der Waals surface area contributed by atoms with Crippen molar-refractivity contribution >= 4 is 27.2 Å². The van der Waals surface area contributed by atoms with Gasteiger partial charge in [0.25, 0.3) is 0 Å². The third-order valence-electron chi connectivity index (χ3n) is 2.29. The molecule has 3 N–H and O–H groups in total. The molecule has 0 amide bonds. The van der Waals surface area contributed by atoms with Gasteiger partial charge in [0, 0.05) is 6.04 Å². The smallest absolute Gasteiger partial charge is 0.220 e. The number of rotatable bonds is 4. The van der Waals surface area contributed by atoms with Crippen molar-refractivity contribution in [1.82, 2.24) is 4.72 Å². The second kappa shape index (κ2) is 3.51. The van der Waals surface area contributed by atoms with Gasteiger partial charge in [0.2, 0.25) is 10.0 Å². The van der Waals surface area contributed by atoms with Crippen LogP contribution in [-0.4, -0.2) is 24.7 Å². The minimum Gasteiger partial charge on any atom is -0.392 e. The van der Waals surface area contributed by atoms with Crippen LogP contribution in [0.25, 0.3) is 0 Å². The van der Waals surface area contributed by atoms with Gasteiger partial charge in [-0.3, -0.25) is 0 Å². The van der Waals surface area contributed by atoms with Crippen LogP contribution >= 0.6 is 12.2 Å². The third-order valence-corrected chi connectivity index (χ3v) is 4.61. The Labute approximate surface area is 83.9 Å². The molecule has 0 bridgehead atoms. The normalized spacial score (nSPS) is 29.7. The van der Waals surface area contributed by atoms with Crippen molar-refractivity contribution in [2.45, 2.75) is 31.6 Å². The van der Waals surface area contributed by atoms with Crippen molar-refractivity contribution in [2.75, 3.05) is 0 Å². The molecule has 6 heteroatoms. The van der Waals surface area contributed by atoms with E-state index in [-0.39, 0.29) is 11.0 Å². The molecule has 4 nitrogen and oxygen atoms in total. The minimum atomic E-state index is -3.35. The highest BCUT2D eigenvalue weighted by Crippen LogP contribution is 2.30. The van der Waals surface area contributed by atoms with Crippen LogP contribution in [0.15, 0.2) is 0 Å². The molecule has 1 aliphatic carbocycles. The van der Waals surface area contributed by atoms with Gasteiger partial charge in [-0.2, -0.15) is 0 Å². The van der Waals surface area contributed by atoms with Crippen LogP contribution in [-0.2, 0) is 10.0 Å². The topological polar surface area (TPSA) is 72.2 Å². The Morgan fingerprint density at radius 2 is 2.15 bits per heavy atom. The lowest BCUT2D eigenvalue weighted by atomic mass is 10.5. The van der Waals surface area contributed by atoms with Gasteiger partial charge in [0.1, 0.15) is 5.25 Å². The summed E-state index contributed by atoms with van der Waals surface area (Å²) < 4.78 is 25.5. The maximum atomic E-state index is 11.5. The molecule has 1 saturated carbocycles. The van der Waals surface area contributed by atoms with E-state index < -0.39 is 15.3 Å². The van der Waals surface area contributed by atoms with Gasteiger partial charge >= 0.3 is 0 Å². The monoisotopic (exact) mass is 222 g/mol. The fourth-order valence-electron chi connectivity index (χ4n) is 0.952. The molecular formula is C7H14N2O2S2. The van der Waals surface area contributed by atoms with E-state index >= 15 is 0 Å². The first-order chi connectivity index (χ1) is 5.84. The summed E-state index contributed by atoms with van der Waals surface area (Å²) in [7, 11) is -3.35. The van der Waals surface area contributed by atoms with Crippen LogP contribution < -0.4 is 10.5 Å². The van der Waals surface area contributed by atoms with Crippen LogP contribution in [0, 0.1) is 5.92 Å². The third kappa shape index (κ3) is 2.62. The molecule has 1 rings (SSSR count). The highest BCUT2D eigenvalue weighted by Gasteiger charge is 2.38. The summed E-state index contributed by atoms with van der Waals surface area (Å²) >= 11 is 4.63. The maximum Gasteiger partial charge on any atom is 0.220 e. The number of hydrogen-bond acceptors (Lipinski definition) is 3. The molecular weight excluding hydrogens is 208 g/mol. The largest absolute Gasteiger partial charge is 0.392 e. The molecule has 0 spiro atoms. The molecule has 0 aromatic heterocycles. The first kappa shape index (κ1) is 10.9. The molecule has 1 fully saturated rings. The van der Waals surface area contributed by atoms with Crippen LogP contribution in [0.2, 0.25) is 0 Å². The van der Waals surface area contributed by atoms with Crippen molar-refractivity contribution in [3.05, 3.63) is 0 Å². The van der Waals surface area contributed by atoms with Gasteiger partial charge in [-0.05, 0) is 19.3 Å². The highest BCUT2D eigenvalue weighted by atomic mass is 32.2. The molecule has 3 unspecified atom stereocenters. The number of nitrogens with two attached hydrogens (primary N) is 1. The molecule has 13 heavy (non-hydrogen) atoms. The number of hydrogen-bond donors (Lipinski definition) is 2. The quantitative estimate of drug-likeness (QED) is 0.656. The van der Waals surface area contributed by atoms with E-state index in [1.54, 1.807) is 0 Å². The van der Waals surface area contributed by atoms with Crippen molar-refractivity contribution in [1.29, 1.82) is 0 Å². The lowest BCUT2D eigenvalue weighted by Gasteiger charge is -2.11. The van der Waals surface area contributed by atoms with Crippen LogP contribution in [0.4, 0.5) is 0 Å². The van der Waals surface area contributed by atoms with Gasteiger partial charge < -0.3 is 5.73 Å². The van der Waals surface area contributed by atoms with E-state index in [0.717, 1.165) is 6.42 Å². The Hall–Kier alpha value is -0.200. The summed E-state index contributed by atoms with van der Waals surface area (Å²) in [6.07, 6.45) is 0.906. The summed E-state index contributed by atoms with van der Waals surface area (Å²) in [6.45, 7) is 3.50. The van der Waals surface area contributed by atoms with Crippen LogP contribution in [0.3, 0.4) is 0 Å². The van der Waals surface area contributed by atoms with Gasteiger partial charge in [-0.15, -0.1) is 0 Å². The van der Waals surface area contributed by atoms with E-state index in [1.165, 1.54) is 6.92 Å². The van der Waals surface area contributed by atoms with Gasteiger partial charge in [0.15, 0.2) is 0 Å². The first-order valence-corrected chi connectivity index (χ1v) is 6.10. The maximum absolute atomic E-state index is 11.5. The zero-order valence-electron chi connectivity index (χ0n) is 7.65. The van der Waals surface area contributed by atoms with Crippen molar-refractivity contribution in [3.63, 3.8) is 0 Å². The lowest BCUT2D eigenvalue weighted by Crippen LogP contribution is -2.41. The number of sulfonamides is 1. The van der Waals surface area contributed by atoms with E-state index in [1.807, 2.05) is 6.92 Å². The van der Waals surface area contributed by atoms with Gasteiger partial charge in [0.05, 0.1) is 4.99 Å². The molecule has 0 aliphatic heterocycles. The Balaban J connectivity index is 2.60. The molecule has 3 atom stereocenters. The molecule has 1 aliphatic rings. The highest BCUT2D eigenvalue weighted by molar-refractivity contribution is 7.93. The van der Waals surface area contributed by atoms with Crippen molar-refractivity contribution in [3.8, 4) is 0 Å². The fraction of sp³-hybridized carbons (Fsp3) is 0.857. The second-order valence-corrected chi connectivity index (χ2v) is 6.03. The SMILES string of the molecule is CC1CC1NS(=O)(=O)C(C)C(N)=S. The summed E-state index contributed by atoms with van der Waals surface area (Å²) in [6, 6.07) is 0.0850. The second-order valence-electron chi connectivity index (χ2n) is 3.53. The lowest BCUT2D eigenvalue weighted by molar-refractivity contribution is 0.575. The summed E-state index contributed by atoms with van der Waals surface area (Å²) in [4.78, 5) is 0.0146. The van der Waals surface area contributed by atoms with E-state index in [0.29, 0.717) is 5.92 Å². The zero-order chi connectivity index (χ0) is 10.2. The molecule has 0 radical (unpaired) electrons.